The summed E-state index contributed by atoms with van der Waals surface area (Å²) in [7, 11) is 0. The van der Waals surface area contributed by atoms with Gasteiger partial charge in [0.1, 0.15) is 11.6 Å². The number of anilines is 1. The summed E-state index contributed by atoms with van der Waals surface area (Å²) in [6.07, 6.45) is -0.248. The van der Waals surface area contributed by atoms with Gasteiger partial charge in [0.15, 0.2) is 5.16 Å². The first-order valence-corrected chi connectivity index (χ1v) is 9.96. The normalized spacial score (nSPS) is 18.0. The van der Waals surface area contributed by atoms with Crippen LogP contribution in [0.5, 0.6) is 5.75 Å². The van der Waals surface area contributed by atoms with E-state index in [4.69, 9.17) is 0 Å². The number of alkyl halides is 3. The molecule has 0 saturated heterocycles. The number of hydrogen-bond donors (Lipinski definition) is 1. The molecule has 0 radical (unpaired) electrons. The van der Waals surface area contributed by atoms with Crippen LogP contribution in [0.15, 0.2) is 29.4 Å². The van der Waals surface area contributed by atoms with Crippen molar-refractivity contribution in [2.24, 2.45) is 0 Å². The van der Waals surface area contributed by atoms with Crippen molar-refractivity contribution >= 4 is 23.4 Å². The Kier molecular flexibility index (Phi) is 4.98. The lowest BCUT2D eigenvalue weighted by molar-refractivity contribution is -0.274. The zero-order valence-corrected chi connectivity index (χ0v) is 15.9. The second kappa shape index (κ2) is 7.31. The summed E-state index contributed by atoms with van der Waals surface area (Å²) < 4.78 is 42.6. The smallest absolute Gasteiger partial charge is 0.406 e. The average Bonchev–Trinajstić information content (AvgIpc) is 3.54. The number of hydrogen-bond acceptors (Lipinski definition) is 5. The third-order valence-corrected chi connectivity index (χ3v) is 5.61. The van der Waals surface area contributed by atoms with Crippen molar-refractivity contribution in [2.75, 3.05) is 5.32 Å². The minimum atomic E-state index is -4.74. The summed E-state index contributed by atoms with van der Waals surface area (Å²) in [4.78, 5) is 12.5. The maximum absolute atomic E-state index is 12.5. The van der Waals surface area contributed by atoms with Gasteiger partial charge in [0.25, 0.3) is 0 Å². The summed E-state index contributed by atoms with van der Waals surface area (Å²) in [5.41, 5.74) is 0.398. The fourth-order valence-electron chi connectivity index (χ4n) is 2.86. The molecule has 1 heterocycles. The van der Waals surface area contributed by atoms with Gasteiger partial charge in [0.05, 0.1) is 5.25 Å². The highest BCUT2D eigenvalue weighted by molar-refractivity contribution is 8.00. The molecule has 2 fully saturated rings. The Balaban J connectivity index is 1.38. The van der Waals surface area contributed by atoms with Gasteiger partial charge in [-0.25, -0.2) is 0 Å². The molecule has 28 heavy (non-hydrogen) atoms. The molecule has 2 saturated carbocycles. The Hall–Kier alpha value is -2.23. The highest BCUT2D eigenvalue weighted by atomic mass is 32.2. The van der Waals surface area contributed by atoms with Crippen LogP contribution in [-0.4, -0.2) is 32.3 Å². The molecule has 1 atom stereocenters. The van der Waals surface area contributed by atoms with Crippen molar-refractivity contribution in [3.05, 3.63) is 30.1 Å². The summed E-state index contributed by atoms with van der Waals surface area (Å²) in [5, 5.41) is 11.6. The Morgan fingerprint density at radius 1 is 1.21 bits per heavy atom. The number of ether oxygens (including phenoxy) is 1. The van der Waals surface area contributed by atoms with E-state index in [2.05, 4.69) is 24.8 Å². The first kappa shape index (κ1) is 19.1. The van der Waals surface area contributed by atoms with Crippen molar-refractivity contribution in [3.8, 4) is 5.75 Å². The Labute approximate surface area is 163 Å². The van der Waals surface area contributed by atoms with Crippen molar-refractivity contribution in [3.63, 3.8) is 0 Å². The monoisotopic (exact) mass is 412 g/mol. The molecule has 0 bridgehead atoms. The zero-order valence-electron chi connectivity index (χ0n) is 15.1. The minimum Gasteiger partial charge on any atom is -0.406 e. The van der Waals surface area contributed by atoms with Gasteiger partial charge in [-0.15, -0.1) is 23.4 Å². The molecule has 4 rings (SSSR count). The van der Waals surface area contributed by atoms with Gasteiger partial charge in [-0.05, 0) is 56.9 Å². The van der Waals surface area contributed by atoms with Gasteiger partial charge < -0.3 is 14.6 Å². The van der Waals surface area contributed by atoms with E-state index >= 15 is 0 Å². The average molecular weight is 412 g/mol. The van der Waals surface area contributed by atoms with Gasteiger partial charge >= 0.3 is 6.36 Å². The van der Waals surface area contributed by atoms with Crippen molar-refractivity contribution in [1.29, 1.82) is 0 Å². The lowest BCUT2D eigenvalue weighted by atomic mass is 10.3. The van der Waals surface area contributed by atoms with Crippen molar-refractivity contribution < 1.29 is 22.7 Å². The van der Waals surface area contributed by atoms with E-state index in [0.717, 1.165) is 48.8 Å². The number of aromatic nitrogens is 3. The number of amides is 1. The lowest BCUT2D eigenvalue weighted by Crippen LogP contribution is -2.23. The van der Waals surface area contributed by atoms with E-state index in [0.29, 0.717) is 17.6 Å². The minimum absolute atomic E-state index is 0.257. The molecule has 1 amide bonds. The van der Waals surface area contributed by atoms with Gasteiger partial charge in [0, 0.05) is 17.6 Å². The van der Waals surface area contributed by atoms with E-state index in [1.807, 2.05) is 0 Å². The SMILES string of the molecule is C[C@H](Sc1nnc(C2CC2)n1C1CC1)C(=O)Nc1ccc(OC(F)(F)F)cc1. The molecule has 0 aliphatic heterocycles. The number of carbonyl (C=O) groups is 1. The number of nitrogens with one attached hydrogen (secondary N) is 1. The fraction of sp³-hybridized carbons (Fsp3) is 0.500. The quantitative estimate of drug-likeness (QED) is 0.678. The second-order valence-electron chi connectivity index (χ2n) is 7.04. The number of rotatable bonds is 7. The molecular weight excluding hydrogens is 393 g/mol. The molecular formula is C18H19F3N4O2S. The molecule has 2 aliphatic rings. The summed E-state index contributed by atoms with van der Waals surface area (Å²) >= 11 is 1.35. The van der Waals surface area contributed by atoms with Crippen molar-refractivity contribution in [1.82, 2.24) is 14.8 Å². The van der Waals surface area contributed by atoms with Gasteiger partial charge in [0.2, 0.25) is 5.91 Å². The summed E-state index contributed by atoms with van der Waals surface area (Å²) in [6.45, 7) is 1.77. The predicted octanol–water partition coefficient (Wildman–Crippen LogP) is 4.51. The number of thioether (sulfide) groups is 1. The van der Waals surface area contributed by atoms with Crippen LogP contribution in [0.1, 0.15) is 50.4 Å². The topological polar surface area (TPSA) is 69.0 Å². The highest BCUT2D eigenvalue weighted by Crippen LogP contribution is 2.46. The first-order chi connectivity index (χ1) is 13.3. The lowest BCUT2D eigenvalue weighted by Gasteiger charge is -2.14. The van der Waals surface area contributed by atoms with Crippen LogP contribution in [0.3, 0.4) is 0 Å². The number of benzene rings is 1. The third-order valence-electron chi connectivity index (χ3n) is 4.55. The van der Waals surface area contributed by atoms with Gasteiger partial charge in [-0.1, -0.05) is 11.8 Å². The molecule has 6 nitrogen and oxygen atoms in total. The van der Waals surface area contributed by atoms with E-state index < -0.39 is 11.6 Å². The zero-order chi connectivity index (χ0) is 19.9. The first-order valence-electron chi connectivity index (χ1n) is 9.08. The predicted molar refractivity (Wildman–Crippen MR) is 97.3 cm³/mol. The third kappa shape index (κ3) is 4.60. The Bertz CT molecular complexity index is 861. The fourth-order valence-corrected chi connectivity index (χ4v) is 3.79. The van der Waals surface area contributed by atoms with Crippen LogP contribution in [0.2, 0.25) is 0 Å². The maximum atomic E-state index is 12.5. The highest BCUT2D eigenvalue weighted by Gasteiger charge is 2.37. The Morgan fingerprint density at radius 2 is 1.89 bits per heavy atom. The van der Waals surface area contributed by atoms with Crippen LogP contribution in [0, 0.1) is 0 Å². The van der Waals surface area contributed by atoms with Crippen LogP contribution < -0.4 is 10.1 Å². The number of nitrogens with zero attached hydrogens (tertiary/aromatic N) is 3. The standard InChI is InChI=1S/C18H19F3N4O2S/c1-10(16(26)22-12-4-8-14(9-5-12)27-18(19,20)21)28-17-24-23-15(11-2-3-11)25(17)13-6-7-13/h4-5,8-11,13H,2-3,6-7H2,1H3,(H,22,26)/t10-/m0/s1. The molecule has 0 unspecified atom stereocenters. The summed E-state index contributed by atoms with van der Waals surface area (Å²) in [5.74, 6) is 0.924. The van der Waals surface area contributed by atoms with Gasteiger partial charge in [-0.3, -0.25) is 4.79 Å². The van der Waals surface area contributed by atoms with Crippen LogP contribution in [0.25, 0.3) is 0 Å². The molecule has 150 valence electrons. The molecule has 0 spiro atoms. The van der Waals surface area contributed by atoms with E-state index in [9.17, 15) is 18.0 Å². The maximum Gasteiger partial charge on any atom is 0.573 e. The van der Waals surface area contributed by atoms with E-state index in [1.54, 1.807) is 6.92 Å². The second-order valence-corrected chi connectivity index (χ2v) is 8.35. The number of halogens is 3. The molecule has 2 aromatic rings. The van der Waals surface area contributed by atoms with Crippen molar-refractivity contribution in [2.45, 2.75) is 61.3 Å². The van der Waals surface area contributed by atoms with E-state index in [-0.39, 0.29) is 11.7 Å². The molecule has 2 aliphatic carbocycles. The van der Waals surface area contributed by atoms with Crippen LogP contribution in [-0.2, 0) is 4.79 Å². The molecule has 1 N–H and O–H groups in total. The summed E-state index contributed by atoms with van der Waals surface area (Å²) in [6, 6.07) is 5.49. The number of carbonyl (C=O) groups excluding carboxylic acids is 1. The molecule has 1 aromatic heterocycles. The van der Waals surface area contributed by atoms with E-state index in [1.165, 1.54) is 23.9 Å². The van der Waals surface area contributed by atoms with Crippen LogP contribution in [0.4, 0.5) is 18.9 Å². The van der Waals surface area contributed by atoms with Gasteiger partial charge in [-0.2, -0.15) is 0 Å². The Morgan fingerprint density at radius 3 is 2.46 bits per heavy atom. The largest absolute Gasteiger partial charge is 0.573 e. The van der Waals surface area contributed by atoms with Crippen LogP contribution >= 0.6 is 11.8 Å². The molecule has 10 heteroatoms. The molecule has 1 aromatic carbocycles.